The van der Waals surface area contributed by atoms with Crippen LogP contribution < -0.4 is 5.32 Å². The first-order valence-electron chi connectivity index (χ1n) is 10.1. The highest BCUT2D eigenvalue weighted by molar-refractivity contribution is 14.0. The number of rotatable bonds is 7. The molecule has 1 atom stereocenters. The number of nitrogens with one attached hydrogen (secondary N) is 1. The summed E-state index contributed by atoms with van der Waals surface area (Å²) in [6, 6.07) is -0.0154. The Morgan fingerprint density at radius 2 is 1.67 bits per heavy atom. The van der Waals surface area contributed by atoms with E-state index < -0.39 is 0 Å². The van der Waals surface area contributed by atoms with E-state index in [1.54, 1.807) is 0 Å². The van der Waals surface area contributed by atoms with E-state index in [9.17, 15) is 4.79 Å². The van der Waals surface area contributed by atoms with E-state index in [2.05, 4.69) is 40.9 Å². The van der Waals surface area contributed by atoms with Crippen LogP contribution in [0.2, 0.25) is 0 Å². The standard InChI is InChI=1S/C19H37N5O2.HI/c1-16(2)26-15-7-8-21-19(20-4)24-13-11-22(12-14-24)17(3)18(25)23-9-5-6-10-23;/h16-17H,5-15H2,1-4H3,(H,20,21);1H. The van der Waals surface area contributed by atoms with E-state index in [1.807, 2.05) is 11.9 Å². The number of guanidine groups is 1. The van der Waals surface area contributed by atoms with Gasteiger partial charge in [0.05, 0.1) is 12.1 Å². The zero-order valence-electron chi connectivity index (χ0n) is 17.4. The number of nitrogens with zero attached hydrogens (tertiary/aromatic N) is 4. The summed E-state index contributed by atoms with van der Waals surface area (Å²) in [5.41, 5.74) is 0. The molecule has 2 saturated heterocycles. The molecule has 0 saturated carbocycles. The van der Waals surface area contributed by atoms with E-state index in [-0.39, 0.29) is 36.1 Å². The first-order valence-corrected chi connectivity index (χ1v) is 10.1. The lowest BCUT2D eigenvalue weighted by Gasteiger charge is -2.39. The van der Waals surface area contributed by atoms with E-state index in [1.165, 1.54) is 0 Å². The number of hydrogen-bond acceptors (Lipinski definition) is 4. The van der Waals surface area contributed by atoms with E-state index in [0.29, 0.717) is 5.91 Å². The first kappa shape index (κ1) is 24.4. The average Bonchev–Trinajstić information content (AvgIpc) is 3.18. The number of aliphatic imine (C=N–C) groups is 1. The van der Waals surface area contributed by atoms with Crippen molar-refractivity contribution in [3.05, 3.63) is 0 Å². The Morgan fingerprint density at radius 1 is 1.04 bits per heavy atom. The van der Waals surface area contributed by atoms with Crippen molar-refractivity contribution in [3.63, 3.8) is 0 Å². The minimum absolute atomic E-state index is 0. The summed E-state index contributed by atoms with van der Waals surface area (Å²) in [5.74, 6) is 1.25. The molecule has 27 heavy (non-hydrogen) atoms. The molecule has 8 heteroatoms. The Bertz CT molecular complexity index is 461. The number of likely N-dealkylation sites (tertiary alicyclic amines) is 1. The van der Waals surface area contributed by atoms with Crippen molar-refractivity contribution in [3.8, 4) is 0 Å². The summed E-state index contributed by atoms with van der Waals surface area (Å²) in [7, 11) is 1.83. The number of ether oxygens (including phenoxy) is 1. The van der Waals surface area contributed by atoms with Gasteiger partial charge >= 0.3 is 0 Å². The van der Waals surface area contributed by atoms with Gasteiger partial charge in [0.15, 0.2) is 5.96 Å². The third-order valence-electron chi connectivity index (χ3n) is 5.20. The molecule has 2 rings (SSSR count). The van der Waals surface area contributed by atoms with Crippen molar-refractivity contribution in [1.82, 2.24) is 20.0 Å². The zero-order valence-corrected chi connectivity index (χ0v) is 19.8. The van der Waals surface area contributed by atoms with Crippen LogP contribution in [0.5, 0.6) is 0 Å². The summed E-state index contributed by atoms with van der Waals surface area (Å²) in [5, 5.41) is 3.43. The second kappa shape index (κ2) is 12.8. The molecule has 0 radical (unpaired) electrons. The topological polar surface area (TPSA) is 60.4 Å². The highest BCUT2D eigenvalue weighted by Gasteiger charge is 2.30. The SMILES string of the molecule is CN=C(NCCCOC(C)C)N1CCN(C(C)C(=O)N2CCCC2)CC1.I. The molecule has 0 aliphatic carbocycles. The summed E-state index contributed by atoms with van der Waals surface area (Å²) < 4.78 is 5.57. The van der Waals surface area contributed by atoms with Gasteiger partial charge < -0.3 is 19.9 Å². The second-order valence-corrected chi connectivity index (χ2v) is 7.48. The van der Waals surface area contributed by atoms with Crippen molar-refractivity contribution in [2.45, 2.75) is 52.2 Å². The van der Waals surface area contributed by atoms with Crippen LogP contribution in [0.15, 0.2) is 4.99 Å². The van der Waals surface area contributed by atoms with Gasteiger partial charge in [-0.25, -0.2) is 0 Å². The second-order valence-electron chi connectivity index (χ2n) is 7.48. The van der Waals surface area contributed by atoms with Crippen molar-refractivity contribution in [2.75, 3.05) is 59.5 Å². The lowest BCUT2D eigenvalue weighted by Crippen LogP contribution is -2.57. The Morgan fingerprint density at radius 3 is 2.22 bits per heavy atom. The fourth-order valence-corrected chi connectivity index (χ4v) is 3.60. The number of amides is 1. The Balaban J connectivity index is 0.00000364. The number of carbonyl (C=O) groups is 1. The average molecular weight is 495 g/mol. The van der Waals surface area contributed by atoms with Gasteiger partial charge in [-0.1, -0.05) is 0 Å². The zero-order chi connectivity index (χ0) is 18.9. The van der Waals surface area contributed by atoms with Crippen molar-refractivity contribution < 1.29 is 9.53 Å². The molecular weight excluding hydrogens is 457 g/mol. The molecule has 0 aromatic carbocycles. The van der Waals surface area contributed by atoms with Crippen LogP contribution >= 0.6 is 24.0 Å². The molecule has 1 N–H and O–H groups in total. The number of carbonyl (C=O) groups excluding carboxylic acids is 1. The molecule has 2 heterocycles. The minimum atomic E-state index is -0.0154. The smallest absolute Gasteiger partial charge is 0.239 e. The van der Waals surface area contributed by atoms with Crippen LogP contribution in [0.25, 0.3) is 0 Å². The molecule has 2 fully saturated rings. The first-order chi connectivity index (χ1) is 12.5. The van der Waals surface area contributed by atoms with Crippen LogP contribution in [0.4, 0.5) is 0 Å². The van der Waals surface area contributed by atoms with Crippen LogP contribution in [-0.2, 0) is 9.53 Å². The van der Waals surface area contributed by atoms with Crippen molar-refractivity contribution >= 4 is 35.8 Å². The van der Waals surface area contributed by atoms with Gasteiger partial charge in [0.25, 0.3) is 0 Å². The van der Waals surface area contributed by atoms with Gasteiger partial charge in [-0.2, -0.15) is 0 Å². The maximum Gasteiger partial charge on any atom is 0.239 e. The maximum absolute atomic E-state index is 12.6. The lowest BCUT2D eigenvalue weighted by atomic mass is 10.2. The van der Waals surface area contributed by atoms with Crippen molar-refractivity contribution in [2.24, 2.45) is 4.99 Å². The fourth-order valence-electron chi connectivity index (χ4n) is 3.60. The van der Waals surface area contributed by atoms with Gasteiger partial charge in [-0.3, -0.25) is 14.7 Å². The molecule has 2 aliphatic heterocycles. The van der Waals surface area contributed by atoms with E-state index >= 15 is 0 Å². The highest BCUT2D eigenvalue weighted by atomic mass is 127. The molecule has 158 valence electrons. The van der Waals surface area contributed by atoms with Gasteiger partial charge in [0.1, 0.15) is 0 Å². The van der Waals surface area contributed by atoms with E-state index in [0.717, 1.165) is 77.6 Å². The molecule has 0 bridgehead atoms. The molecule has 0 aromatic heterocycles. The van der Waals surface area contributed by atoms with E-state index in [4.69, 9.17) is 4.74 Å². The Hall–Kier alpha value is -0.610. The van der Waals surface area contributed by atoms with Crippen LogP contribution in [0.3, 0.4) is 0 Å². The van der Waals surface area contributed by atoms with Gasteiger partial charge in [0.2, 0.25) is 5.91 Å². The predicted octanol–water partition coefficient (Wildman–Crippen LogP) is 1.62. The molecular formula is C19H38IN5O2. The molecule has 0 aromatic rings. The predicted molar refractivity (Wildman–Crippen MR) is 121 cm³/mol. The highest BCUT2D eigenvalue weighted by Crippen LogP contribution is 2.14. The Labute approximate surface area is 181 Å². The third kappa shape index (κ3) is 7.73. The van der Waals surface area contributed by atoms with Gasteiger partial charge in [-0.15, -0.1) is 24.0 Å². The van der Waals surface area contributed by atoms with Gasteiger partial charge in [0, 0.05) is 59.5 Å². The van der Waals surface area contributed by atoms with Gasteiger partial charge in [-0.05, 0) is 40.0 Å². The third-order valence-corrected chi connectivity index (χ3v) is 5.20. The summed E-state index contributed by atoms with van der Waals surface area (Å²) in [6.45, 7) is 13.3. The summed E-state index contributed by atoms with van der Waals surface area (Å²) in [4.78, 5) is 23.6. The molecule has 1 unspecified atom stereocenters. The van der Waals surface area contributed by atoms with Crippen LogP contribution in [0, 0.1) is 0 Å². The fraction of sp³-hybridized carbons (Fsp3) is 0.895. The molecule has 0 spiro atoms. The molecule has 1 amide bonds. The minimum Gasteiger partial charge on any atom is -0.379 e. The molecule has 7 nitrogen and oxygen atoms in total. The summed E-state index contributed by atoms with van der Waals surface area (Å²) in [6.07, 6.45) is 3.55. The van der Waals surface area contributed by atoms with Crippen LogP contribution in [0.1, 0.15) is 40.0 Å². The normalized spacial score (nSPS) is 20.0. The largest absolute Gasteiger partial charge is 0.379 e. The maximum atomic E-state index is 12.6. The lowest BCUT2D eigenvalue weighted by molar-refractivity contribution is -0.135. The number of halogens is 1. The van der Waals surface area contributed by atoms with Crippen molar-refractivity contribution in [1.29, 1.82) is 0 Å². The van der Waals surface area contributed by atoms with Crippen LogP contribution in [-0.4, -0.2) is 98.2 Å². The quantitative estimate of drug-likeness (QED) is 0.252. The Kier molecular flexibility index (Phi) is 11.6. The number of piperazine rings is 1. The monoisotopic (exact) mass is 495 g/mol. The molecule has 2 aliphatic rings. The summed E-state index contributed by atoms with van der Waals surface area (Å²) >= 11 is 0. The number of hydrogen-bond donors (Lipinski definition) is 1.